The molecule has 4 rings (SSSR count). The Balaban J connectivity index is 1.90. The number of anilines is 2. The molecule has 0 aromatic heterocycles. The summed E-state index contributed by atoms with van der Waals surface area (Å²) in [6, 6.07) is 15.1. The minimum Gasteiger partial charge on any atom is -0.439 e. The highest BCUT2D eigenvalue weighted by molar-refractivity contribution is 6.34. The zero-order valence-corrected chi connectivity index (χ0v) is 15.2. The van der Waals surface area contributed by atoms with Gasteiger partial charge in [0, 0.05) is 25.6 Å². The SMILES string of the molecule is CC(=O)OC1(C2=CC(=O)N(c3ccccc3)C2=O)C(=O)N(C)c2ccccc21. The fraction of sp³-hybridized carbons (Fsp3) is 0.143. The largest absolute Gasteiger partial charge is 0.439 e. The van der Waals surface area contributed by atoms with Gasteiger partial charge in [-0.15, -0.1) is 0 Å². The van der Waals surface area contributed by atoms with Crippen LogP contribution in [-0.2, 0) is 29.5 Å². The quantitative estimate of drug-likeness (QED) is 0.604. The molecule has 3 amide bonds. The molecular weight excluding hydrogens is 360 g/mol. The minimum atomic E-state index is -1.99. The second-order valence-electron chi connectivity index (χ2n) is 6.53. The number of fused-ring (bicyclic) bond motifs is 1. The van der Waals surface area contributed by atoms with E-state index in [1.807, 2.05) is 0 Å². The van der Waals surface area contributed by atoms with Crippen molar-refractivity contribution in [3.05, 3.63) is 71.8 Å². The predicted molar refractivity (Wildman–Crippen MR) is 100 cm³/mol. The van der Waals surface area contributed by atoms with E-state index >= 15 is 0 Å². The summed E-state index contributed by atoms with van der Waals surface area (Å²) in [5, 5.41) is 0. The van der Waals surface area contributed by atoms with Gasteiger partial charge < -0.3 is 9.64 Å². The summed E-state index contributed by atoms with van der Waals surface area (Å²) in [5.74, 6) is -2.64. The van der Waals surface area contributed by atoms with Crippen molar-refractivity contribution in [1.82, 2.24) is 0 Å². The molecule has 7 nitrogen and oxygen atoms in total. The summed E-state index contributed by atoms with van der Waals surface area (Å²) in [5.41, 5.74) is -0.951. The molecule has 0 spiro atoms. The third-order valence-electron chi connectivity index (χ3n) is 4.86. The smallest absolute Gasteiger partial charge is 0.304 e. The molecule has 2 aliphatic rings. The van der Waals surface area contributed by atoms with Gasteiger partial charge in [0.2, 0.25) is 5.60 Å². The molecule has 7 heteroatoms. The van der Waals surface area contributed by atoms with Crippen LogP contribution in [0.5, 0.6) is 0 Å². The van der Waals surface area contributed by atoms with Crippen LogP contribution < -0.4 is 9.80 Å². The Morgan fingerprint density at radius 2 is 1.61 bits per heavy atom. The van der Waals surface area contributed by atoms with E-state index in [-0.39, 0.29) is 5.57 Å². The molecule has 2 aromatic carbocycles. The molecule has 2 aromatic rings. The van der Waals surface area contributed by atoms with Crippen molar-refractivity contribution < 1.29 is 23.9 Å². The van der Waals surface area contributed by atoms with Crippen LogP contribution in [0.3, 0.4) is 0 Å². The maximum Gasteiger partial charge on any atom is 0.304 e. The van der Waals surface area contributed by atoms with E-state index in [9.17, 15) is 19.2 Å². The number of para-hydroxylation sites is 2. The third kappa shape index (κ3) is 2.29. The van der Waals surface area contributed by atoms with E-state index < -0.39 is 29.3 Å². The van der Waals surface area contributed by atoms with Gasteiger partial charge in [0.15, 0.2) is 0 Å². The Labute approximate surface area is 160 Å². The molecule has 0 saturated carbocycles. The lowest BCUT2D eigenvalue weighted by atomic mass is 9.86. The zero-order chi connectivity index (χ0) is 20.1. The van der Waals surface area contributed by atoms with Gasteiger partial charge in [-0.25, -0.2) is 4.90 Å². The van der Waals surface area contributed by atoms with Crippen LogP contribution >= 0.6 is 0 Å². The number of imide groups is 1. The van der Waals surface area contributed by atoms with Gasteiger partial charge in [0.25, 0.3) is 17.7 Å². The Morgan fingerprint density at radius 3 is 2.29 bits per heavy atom. The maximum atomic E-state index is 13.2. The maximum absolute atomic E-state index is 13.2. The van der Waals surface area contributed by atoms with Crippen molar-refractivity contribution in [1.29, 1.82) is 0 Å². The number of nitrogens with zero attached hydrogens (tertiary/aromatic N) is 2. The average molecular weight is 376 g/mol. The Kier molecular flexibility index (Phi) is 3.88. The number of benzene rings is 2. The molecule has 0 radical (unpaired) electrons. The fourth-order valence-electron chi connectivity index (χ4n) is 3.70. The highest BCUT2D eigenvalue weighted by Crippen LogP contribution is 2.48. The Bertz CT molecular complexity index is 1060. The van der Waals surface area contributed by atoms with Gasteiger partial charge in [-0.1, -0.05) is 36.4 Å². The molecule has 0 aliphatic carbocycles. The average Bonchev–Trinajstić information content (AvgIpc) is 3.09. The first-order valence-electron chi connectivity index (χ1n) is 8.61. The lowest BCUT2D eigenvalue weighted by Gasteiger charge is -2.28. The van der Waals surface area contributed by atoms with E-state index in [1.54, 1.807) is 54.6 Å². The number of hydrogen-bond donors (Lipinski definition) is 0. The topological polar surface area (TPSA) is 84.0 Å². The van der Waals surface area contributed by atoms with Gasteiger partial charge in [-0.3, -0.25) is 19.2 Å². The summed E-state index contributed by atoms with van der Waals surface area (Å²) >= 11 is 0. The first-order chi connectivity index (χ1) is 13.4. The molecule has 0 saturated heterocycles. The summed E-state index contributed by atoms with van der Waals surface area (Å²) in [7, 11) is 1.53. The number of hydrogen-bond acceptors (Lipinski definition) is 5. The fourth-order valence-corrected chi connectivity index (χ4v) is 3.70. The Morgan fingerprint density at radius 1 is 0.964 bits per heavy atom. The van der Waals surface area contributed by atoms with Crippen molar-refractivity contribution in [2.75, 3.05) is 16.8 Å². The minimum absolute atomic E-state index is 0.182. The predicted octanol–water partition coefficient (Wildman–Crippen LogP) is 1.92. The zero-order valence-electron chi connectivity index (χ0n) is 15.2. The molecule has 0 bridgehead atoms. The molecule has 0 N–H and O–H groups in total. The van der Waals surface area contributed by atoms with E-state index in [4.69, 9.17) is 4.74 Å². The van der Waals surface area contributed by atoms with Crippen molar-refractivity contribution in [2.24, 2.45) is 0 Å². The second kappa shape index (κ2) is 6.16. The van der Waals surface area contributed by atoms with E-state index in [1.165, 1.54) is 11.9 Å². The second-order valence-corrected chi connectivity index (χ2v) is 6.53. The van der Waals surface area contributed by atoms with Crippen LogP contribution in [-0.4, -0.2) is 30.7 Å². The highest BCUT2D eigenvalue weighted by Gasteiger charge is 2.60. The standard InChI is InChI=1S/C21H16N2O5/c1-13(24)28-21(15-10-6-7-11-17(15)22(2)20(21)27)16-12-18(25)23(19(16)26)14-8-4-3-5-9-14/h3-12H,1-2H3. The lowest BCUT2D eigenvalue weighted by molar-refractivity contribution is -0.162. The van der Waals surface area contributed by atoms with Crippen molar-refractivity contribution in [3.8, 4) is 0 Å². The molecule has 0 fully saturated rings. The van der Waals surface area contributed by atoms with Gasteiger partial charge in [0.05, 0.1) is 16.9 Å². The van der Waals surface area contributed by atoms with E-state index in [2.05, 4.69) is 0 Å². The summed E-state index contributed by atoms with van der Waals surface area (Å²) in [6.45, 7) is 1.16. The molecule has 2 heterocycles. The van der Waals surface area contributed by atoms with Gasteiger partial charge in [-0.2, -0.15) is 0 Å². The number of carbonyl (C=O) groups is 4. The van der Waals surface area contributed by atoms with Crippen molar-refractivity contribution >= 4 is 35.1 Å². The molecule has 2 aliphatic heterocycles. The molecule has 1 unspecified atom stereocenters. The van der Waals surface area contributed by atoms with Crippen molar-refractivity contribution in [2.45, 2.75) is 12.5 Å². The number of likely N-dealkylation sites (N-methyl/N-ethyl adjacent to an activating group) is 1. The van der Waals surface area contributed by atoms with Crippen LogP contribution in [0.4, 0.5) is 11.4 Å². The number of rotatable bonds is 3. The van der Waals surface area contributed by atoms with E-state index in [0.717, 1.165) is 17.9 Å². The molecular formula is C21H16N2O5. The van der Waals surface area contributed by atoms with Crippen molar-refractivity contribution in [3.63, 3.8) is 0 Å². The highest BCUT2D eigenvalue weighted by atomic mass is 16.6. The lowest BCUT2D eigenvalue weighted by Crippen LogP contribution is -2.46. The summed E-state index contributed by atoms with van der Waals surface area (Å²) in [6.07, 6.45) is 1.08. The molecule has 140 valence electrons. The number of amides is 3. The molecule has 1 atom stereocenters. The van der Waals surface area contributed by atoms with Gasteiger partial charge >= 0.3 is 5.97 Å². The number of esters is 1. The van der Waals surface area contributed by atoms with Crippen LogP contribution in [0, 0.1) is 0 Å². The normalized spacial score (nSPS) is 21.1. The molecule has 28 heavy (non-hydrogen) atoms. The van der Waals surface area contributed by atoms with Crippen LogP contribution in [0.25, 0.3) is 0 Å². The monoisotopic (exact) mass is 376 g/mol. The van der Waals surface area contributed by atoms with Crippen LogP contribution in [0.15, 0.2) is 66.2 Å². The van der Waals surface area contributed by atoms with Gasteiger partial charge in [0.1, 0.15) is 0 Å². The van der Waals surface area contributed by atoms with Crippen LogP contribution in [0.2, 0.25) is 0 Å². The summed E-state index contributed by atoms with van der Waals surface area (Å²) < 4.78 is 5.50. The van der Waals surface area contributed by atoms with E-state index in [0.29, 0.717) is 16.9 Å². The Hall–Kier alpha value is -3.74. The van der Waals surface area contributed by atoms with Crippen LogP contribution in [0.1, 0.15) is 12.5 Å². The third-order valence-corrected chi connectivity index (χ3v) is 4.86. The number of carbonyl (C=O) groups excluding carboxylic acids is 4. The summed E-state index contributed by atoms with van der Waals surface area (Å²) in [4.78, 5) is 53.3. The first-order valence-corrected chi connectivity index (χ1v) is 8.61. The first kappa shape index (κ1) is 17.7. The van der Waals surface area contributed by atoms with Gasteiger partial charge in [-0.05, 0) is 18.2 Å². The number of ether oxygens (including phenoxy) is 1.